The number of halogens is 1. The van der Waals surface area contributed by atoms with Gasteiger partial charge in [-0.2, -0.15) is 0 Å². The van der Waals surface area contributed by atoms with E-state index in [1.807, 2.05) is 0 Å². The predicted octanol–water partition coefficient (Wildman–Crippen LogP) is 2.32. The molecule has 1 N–H and O–H groups in total. The van der Waals surface area contributed by atoms with E-state index in [-0.39, 0.29) is 11.5 Å². The Bertz CT molecular complexity index is 524. The van der Waals surface area contributed by atoms with Crippen molar-refractivity contribution in [1.29, 1.82) is 0 Å². The number of ether oxygens (including phenoxy) is 1. The van der Waals surface area contributed by atoms with Gasteiger partial charge in [-0.15, -0.1) is 0 Å². The summed E-state index contributed by atoms with van der Waals surface area (Å²) in [6, 6.07) is 0.418. The molecule has 0 radical (unpaired) electrons. The zero-order valence-electron chi connectivity index (χ0n) is 12.9. The molecule has 0 bridgehead atoms. The molecule has 1 heterocycles. The third-order valence-corrected chi connectivity index (χ3v) is 2.63. The number of nitrogens with one attached hydrogen (secondary N) is 1. The molecule has 1 amide bonds. The maximum absolute atomic E-state index is 13.5. The number of pyridine rings is 1. The van der Waals surface area contributed by atoms with Crippen molar-refractivity contribution < 1.29 is 18.7 Å². The largest absolute Gasteiger partial charge is 0.458 e. The summed E-state index contributed by atoms with van der Waals surface area (Å²) < 4.78 is 18.8. The predicted molar refractivity (Wildman–Crippen MR) is 76.1 cm³/mol. The summed E-state index contributed by atoms with van der Waals surface area (Å²) in [4.78, 5) is 27.8. The highest BCUT2D eigenvalue weighted by atomic mass is 19.1. The third kappa shape index (κ3) is 5.13. The lowest BCUT2D eigenvalue weighted by molar-refractivity contribution is -0.158. The van der Waals surface area contributed by atoms with Gasteiger partial charge in [0, 0.05) is 6.20 Å². The molecule has 1 atom stereocenters. The van der Waals surface area contributed by atoms with E-state index < -0.39 is 29.3 Å². The van der Waals surface area contributed by atoms with Crippen LogP contribution >= 0.6 is 0 Å². The Morgan fingerprint density at radius 1 is 1.33 bits per heavy atom. The second-order valence-electron chi connectivity index (χ2n) is 6.08. The van der Waals surface area contributed by atoms with Crippen molar-refractivity contribution in [3.63, 3.8) is 0 Å². The van der Waals surface area contributed by atoms with E-state index in [1.54, 1.807) is 34.6 Å². The van der Waals surface area contributed by atoms with Gasteiger partial charge in [0.1, 0.15) is 11.6 Å². The van der Waals surface area contributed by atoms with Gasteiger partial charge in [0.05, 0.1) is 11.8 Å². The number of amides is 1. The van der Waals surface area contributed by atoms with Crippen molar-refractivity contribution in [2.24, 2.45) is 5.92 Å². The van der Waals surface area contributed by atoms with Crippen molar-refractivity contribution >= 4 is 11.9 Å². The van der Waals surface area contributed by atoms with Gasteiger partial charge in [-0.05, 0) is 32.8 Å². The molecule has 6 heteroatoms. The van der Waals surface area contributed by atoms with Crippen LogP contribution in [-0.2, 0) is 9.53 Å². The Kier molecular flexibility index (Phi) is 5.41. The number of hydrogen-bond donors (Lipinski definition) is 1. The summed E-state index contributed by atoms with van der Waals surface area (Å²) in [7, 11) is 0. The molecule has 5 nitrogen and oxygen atoms in total. The molecule has 0 saturated carbocycles. The first-order chi connectivity index (χ1) is 9.61. The first-order valence-electron chi connectivity index (χ1n) is 6.75. The Balaban J connectivity index is 2.87. The molecular formula is C15H21FN2O3. The minimum atomic E-state index is -0.843. The van der Waals surface area contributed by atoms with Crippen LogP contribution in [0.5, 0.6) is 0 Å². The number of aromatic nitrogens is 1. The lowest BCUT2D eigenvalue weighted by atomic mass is 10.0. The van der Waals surface area contributed by atoms with Crippen LogP contribution in [0.2, 0.25) is 0 Å². The number of carbonyl (C=O) groups is 2. The first kappa shape index (κ1) is 17.1. The highest BCUT2D eigenvalue weighted by Gasteiger charge is 2.30. The Morgan fingerprint density at radius 2 is 1.95 bits per heavy atom. The van der Waals surface area contributed by atoms with Crippen LogP contribution in [0, 0.1) is 11.7 Å². The van der Waals surface area contributed by atoms with Crippen molar-refractivity contribution in [2.45, 2.75) is 46.3 Å². The van der Waals surface area contributed by atoms with Gasteiger partial charge < -0.3 is 10.1 Å². The molecule has 0 saturated heterocycles. The fraction of sp³-hybridized carbons (Fsp3) is 0.533. The summed E-state index contributed by atoms with van der Waals surface area (Å²) in [6.07, 6.45) is 2.27. The van der Waals surface area contributed by atoms with Gasteiger partial charge in [-0.3, -0.25) is 9.78 Å². The number of nitrogens with zero attached hydrogens (tertiary/aromatic N) is 1. The molecule has 0 aliphatic rings. The van der Waals surface area contributed by atoms with E-state index in [0.29, 0.717) is 0 Å². The molecule has 0 aliphatic carbocycles. The topological polar surface area (TPSA) is 68.3 Å². The van der Waals surface area contributed by atoms with Gasteiger partial charge in [0.25, 0.3) is 5.91 Å². The van der Waals surface area contributed by atoms with Crippen molar-refractivity contribution in [1.82, 2.24) is 10.3 Å². The summed E-state index contributed by atoms with van der Waals surface area (Å²) >= 11 is 0. The highest BCUT2D eigenvalue weighted by Crippen LogP contribution is 2.13. The molecule has 0 fully saturated rings. The molecular weight excluding hydrogens is 275 g/mol. The second-order valence-corrected chi connectivity index (χ2v) is 6.08. The van der Waals surface area contributed by atoms with Crippen molar-refractivity contribution in [2.75, 3.05) is 0 Å². The van der Waals surface area contributed by atoms with Crippen molar-refractivity contribution in [3.05, 3.63) is 29.8 Å². The minimum absolute atomic E-state index is 0.154. The second kappa shape index (κ2) is 6.65. The fourth-order valence-corrected chi connectivity index (χ4v) is 1.64. The SMILES string of the molecule is CC(C)[C@H](NC(=O)c1ccncc1F)C(=O)OC(C)(C)C. The van der Waals surface area contributed by atoms with Crippen LogP contribution in [0.4, 0.5) is 4.39 Å². The maximum atomic E-state index is 13.5. The fourth-order valence-electron chi connectivity index (χ4n) is 1.64. The molecule has 0 aliphatic heterocycles. The highest BCUT2D eigenvalue weighted by molar-refractivity contribution is 5.97. The third-order valence-electron chi connectivity index (χ3n) is 2.63. The zero-order valence-corrected chi connectivity index (χ0v) is 12.9. The average molecular weight is 296 g/mol. The normalized spacial score (nSPS) is 12.9. The Hall–Kier alpha value is -1.98. The van der Waals surface area contributed by atoms with Gasteiger partial charge in [0.15, 0.2) is 5.82 Å². The Morgan fingerprint density at radius 3 is 2.43 bits per heavy atom. The quantitative estimate of drug-likeness (QED) is 0.866. The molecule has 0 aromatic carbocycles. The van der Waals surface area contributed by atoms with E-state index in [2.05, 4.69) is 10.3 Å². The van der Waals surface area contributed by atoms with Crippen LogP contribution in [0.15, 0.2) is 18.5 Å². The van der Waals surface area contributed by atoms with Gasteiger partial charge in [-0.1, -0.05) is 13.8 Å². The molecule has 1 aromatic rings. The monoisotopic (exact) mass is 296 g/mol. The molecule has 21 heavy (non-hydrogen) atoms. The maximum Gasteiger partial charge on any atom is 0.329 e. The lowest BCUT2D eigenvalue weighted by Crippen LogP contribution is -2.47. The summed E-state index contributed by atoms with van der Waals surface area (Å²) in [5, 5.41) is 2.51. The molecule has 116 valence electrons. The number of carbonyl (C=O) groups excluding carboxylic acids is 2. The van der Waals surface area contributed by atoms with E-state index in [4.69, 9.17) is 4.74 Å². The zero-order chi connectivity index (χ0) is 16.2. The molecule has 0 unspecified atom stereocenters. The Labute approximate surface area is 123 Å². The molecule has 0 spiro atoms. The van der Waals surface area contributed by atoms with E-state index in [9.17, 15) is 14.0 Å². The van der Waals surface area contributed by atoms with Gasteiger partial charge >= 0.3 is 5.97 Å². The van der Waals surface area contributed by atoms with Crippen molar-refractivity contribution in [3.8, 4) is 0 Å². The smallest absolute Gasteiger partial charge is 0.329 e. The molecule has 1 aromatic heterocycles. The van der Waals surface area contributed by atoms with Gasteiger partial charge in [0.2, 0.25) is 0 Å². The lowest BCUT2D eigenvalue weighted by Gasteiger charge is -2.26. The van der Waals surface area contributed by atoms with E-state index in [1.165, 1.54) is 12.3 Å². The summed E-state index contributed by atoms with van der Waals surface area (Å²) in [5.41, 5.74) is -0.809. The number of rotatable bonds is 4. The van der Waals surface area contributed by atoms with Crippen LogP contribution < -0.4 is 5.32 Å². The van der Waals surface area contributed by atoms with Gasteiger partial charge in [-0.25, -0.2) is 9.18 Å². The van der Waals surface area contributed by atoms with Crippen LogP contribution in [-0.4, -0.2) is 28.5 Å². The standard InChI is InChI=1S/C15H21FN2O3/c1-9(2)12(14(20)21-15(3,4)5)18-13(19)10-6-7-17-8-11(10)16/h6-9,12H,1-5H3,(H,18,19)/t12-/m0/s1. The van der Waals surface area contributed by atoms with Crippen LogP contribution in [0.3, 0.4) is 0 Å². The van der Waals surface area contributed by atoms with E-state index in [0.717, 1.165) is 6.20 Å². The minimum Gasteiger partial charge on any atom is -0.458 e. The van der Waals surface area contributed by atoms with Crippen LogP contribution in [0.25, 0.3) is 0 Å². The van der Waals surface area contributed by atoms with Crippen LogP contribution in [0.1, 0.15) is 45.0 Å². The first-order valence-corrected chi connectivity index (χ1v) is 6.75. The van der Waals surface area contributed by atoms with E-state index >= 15 is 0 Å². The molecule has 1 rings (SSSR count). The average Bonchev–Trinajstić information content (AvgIpc) is 2.33. The summed E-state index contributed by atoms with van der Waals surface area (Å²) in [6.45, 7) is 8.78. The number of hydrogen-bond acceptors (Lipinski definition) is 4. The summed E-state index contributed by atoms with van der Waals surface area (Å²) in [5.74, 6) is -2.13. The number of esters is 1.